The van der Waals surface area contributed by atoms with Crippen LogP contribution in [0.25, 0.3) is 0 Å². The van der Waals surface area contributed by atoms with Gasteiger partial charge in [-0.1, -0.05) is 67.8 Å². The van der Waals surface area contributed by atoms with Crippen LogP contribution < -0.4 is 0 Å². The molecule has 1 aliphatic rings. The molecule has 0 bridgehead atoms. The maximum Gasteiger partial charge on any atom is 0.309 e. The summed E-state index contributed by atoms with van der Waals surface area (Å²) >= 11 is 7.56. The number of aliphatic carboxylic acids is 1. The highest BCUT2D eigenvalue weighted by atomic mass is 35.5. The Morgan fingerprint density at radius 2 is 1.88 bits per heavy atom. The summed E-state index contributed by atoms with van der Waals surface area (Å²) in [6.45, 7) is 7.59. The number of benzene rings is 2. The predicted molar refractivity (Wildman–Crippen MR) is 135 cm³/mol. The Hall–Kier alpha value is -1.80. The molecule has 2 aromatic rings. The summed E-state index contributed by atoms with van der Waals surface area (Å²) in [6, 6.07) is 12.4. The van der Waals surface area contributed by atoms with Crippen LogP contribution in [0.5, 0.6) is 0 Å². The Bertz CT molecular complexity index is 1090. The van der Waals surface area contributed by atoms with Crippen molar-refractivity contribution in [2.45, 2.75) is 55.3 Å². The number of carbonyl (C=O) groups is 1. The van der Waals surface area contributed by atoms with Crippen LogP contribution in [-0.4, -0.2) is 40.8 Å². The Balaban J connectivity index is 2.25. The Morgan fingerprint density at radius 1 is 1.21 bits per heavy atom. The molecule has 0 saturated carbocycles. The van der Waals surface area contributed by atoms with E-state index >= 15 is 0 Å². The topological polar surface area (TPSA) is 74.7 Å². The van der Waals surface area contributed by atoms with Gasteiger partial charge in [-0.3, -0.25) is 4.79 Å². The van der Waals surface area contributed by atoms with Crippen LogP contribution in [0, 0.1) is 12.8 Å². The van der Waals surface area contributed by atoms with Gasteiger partial charge in [0, 0.05) is 22.1 Å². The van der Waals surface area contributed by atoms with E-state index in [0.717, 1.165) is 12.8 Å². The molecular weight excluding hydrogens is 478 g/mol. The normalized spacial score (nSPS) is 23.5. The van der Waals surface area contributed by atoms with Gasteiger partial charge in [0.15, 0.2) is 0 Å². The fourth-order valence-corrected chi connectivity index (χ4v) is 8.22. The smallest absolute Gasteiger partial charge is 0.309 e. The number of sulfonamides is 1. The van der Waals surface area contributed by atoms with Crippen molar-refractivity contribution in [3.63, 3.8) is 0 Å². The first-order valence-corrected chi connectivity index (χ1v) is 13.9. The van der Waals surface area contributed by atoms with E-state index in [1.807, 2.05) is 6.92 Å². The first kappa shape index (κ1) is 25.8. The van der Waals surface area contributed by atoms with Crippen molar-refractivity contribution in [2.24, 2.45) is 5.92 Å². The number of hydrogen-bond donors (Lipinski definition) is 1. The van der Waals surface area contributed by atoms with Gasteiger partial charge < -0.3 is 5.11 Å². The maximum atomic E-state index is 14.1. The molecule has 8 heteroatoms. The average molecular weight is 508 g/mol. The molecule has 178 valence electrons. The highest BCUT2D eigenvalue weighted by Crippen LogP contribution is 2.50. The fraction of sp³-hybridized carbons (Fsp3) is 0.400. The largest absolute Gasteiger partial charge is 0.481 e. The highest BCUT2D eigenvalue weighted by Gasteiger charge is 2.57. The number of carboxylic acid groups (broad SMARTS) is 1. The molecule has 4 atom stereocenters. The number of hydrogen-bond acceptors (Lipinski definition) is 4. The van der Waals surface area contributed by atoms with Crippen molar-refractivity contribution >= 4 is 39.4 Å². The van der Waals surface area contributed by atoms with E-state index in [2.05, 4.69) is 6.58 Å². The lowest BCUT2D eigenvalue weighted by atomic mass is 9.92. The molecule has 33 heavy (non-hydrogen) atoms. The third kappa shape index (κ3) is 5.32. The van der Waals surface area contributed by atoms with Gasteiger partial charge in [0.25, 0.3) is 0 Å². The van der Waals surface area contributed by atoms with Gasteiger partial charge in [0.1, 0.15) is 0 Å². The fourth-order valence-electron chi connectivity index (χ4n) is 4.60. The summed E-state index contributed by atoms with van der Waals surface area (Å²) in [5, 5.41) is 10.4. The van der Waals surface area contributed by atoms with Gasteiger partial charge in [-0.2, -0.15) is 16.1 Å². The van der Waals surface area contributed by atoms with Crippen molar-refractivity contribution < 1.29 is 18.3 Å². The van der Waals surface area contributed by atoms with Crippen LogP contribution in [0.2, 0.25) is 5.02 Å². The zero-order valence-electron chi connectivity index (χ0n) is 18.9. The van der Waals surface area contributed by atoms with E-state index < -0.39 is 39.2 Å². The lowest BCUT2D eigenvalue weighted by molar-refractivity contribution is -0.142. The molecule has 0 radical (unpaired) electrons. The molecule has 0 spiro atoms. The molecule has 1 fully saturated rings. The maximum absolute atomic E-state index is 14.1. The van der Waals surface area contributed by atoms with Crippen molar-refractivity contribution in [1.82, 2.24) is 4.31 Å². The third-order valence-corrected chi connectivity index (χ3v) is 9.82. The lowest BCUT2D eigenvalue weighted by Crippen LogP contribution is -2.40. The van der Waals surface area contributed by atoms with Crippen LogP contribution >= 0.6 is 23.4 Å². The van der Waals surface area contributed by atoms with Gasteiger partial charge in [-0.25, -0.2) is 8.42 Å². The molecule has 3 rings (SSSR count). The van der Waals surface area contributed by atoms with Gasteiger partial charge in [-0.05, 0) is 42.7 Å². The van der Waals surface area contributed by atoms with E-state index in [4.69, 9.17) is 11.6 Å². The lowest BCUT2D eigenvalue weighted by Gasteiger charge is -2.31. The van der Waals surface area contributed by atoms with Gasteiger partial charge in [0.05, 0.1) is 16.9 Å². The summed E-state index contributed by atoms with van der Waals surface area (Å²) in [6.07, 6.45) is 4.01. The van der Waals surface area contributed by atoms with Crippen LogP contribution in [0.4, 0.5) is 0 Å². The predicted octanol–water partition coefficient (Wildman–Crippen LogP) is 5.94. The molecule has 2 unspecified atom stereocenters. The average Bonchev–Trinajstić information content (AvgIpc) is 3.11. The van der Waals surface area contributed by atoms with E-state index in [-0.39, 0.29) is 4.90 Å². The third-order valence-electron chi connectivity index (χ3n) is 6.08. The number of thioether (sulfide) groups is 1. The van der Waals surface area contributed by atoms with Crippen molar-refractivity contribution in [3.8, 4) is 0 Å². The Kier molecular flexibility index (Phi) is 8.67. The SMILES string of the molecule is C=CCS[C@@H]1C(CCCC)N(S(=O)(=O)c2ccccc2C)C(c2ccc(Cl)cc2)[C@@H]1C(=O)O. The quantitative estimate of drug-likeness (QED) is 0.403. The van der Waals surface area contributed by atoms with Crippen LogP contribution in [-0.2, 0) is 14.8 Å². The molecule has 0 aromatic heterocycles. The molecule has 1 aliphatic heterocycles. The minimum absolute atomic E-state index is 0.212. The summed E-state index contributed by atoms with van der Waals surface area (Å²) in [5.74, 6) is -1.36. The second-order valence-electron chi connectivity index (χ2n) is 8.26. The van der Waals surface area contributed by atoms with Gasteiger partial charge in [0.2, 0.25) is 10.0 Å². The van der Waals surface area contributed by atoms with E-state index in [1.54, 1.807) is 61.5 Å². The number of halogens is 1. The van der Waals surface area contributed by atoms with Crippen LogP contribution in [0.3, 0.4) is 0 Å². The number of aryl methyl sites for hydroxylation is 1. The molecule has 1 saturated heterocycles. The number of carboxylic acids is 1. The summed E-state index contributed by atoms with van der Waals surface area (Å²) < 4.78 is 29.8. The molecule has 0 amide bonds. The zero-order valence-corrected chi connectivity index (χ0v) is 21.2. The van der Waals surface area contributed by atoms with Crippen molar-refractivity contribution in [3.05, 3.63) is 77.3 Å². The molecule has 0 aliphatic carbocycles. The highest BCUT2D eigenvalue weighted by molar-refractivity contribution is 8.00. The molecule has 1 N–H and O–H groups in total. The van der Waals surface area contributed by atoms with Crippen LogP contribution in [0.1, 0.15) is 43.4 Å². The standard InChI is InChI=1S/C25H30ClNO4S2/c1-4-6-10-20-24(32-16-5-2)22(25(28)29)23(18-12-14-19(26)15-13-18)27(20)33(30,31)21-11-8-7-9-17(21)3/h5,7-9,11-15,20,22-24H,2,4,6,10,16H2,1,3H3,(H,28,29)/t20?,22-,23?,24+/m0/s1. The summed E-state index contributed by atoms with van der Waals surface area (Å²) in [5.41, 5.74) is 1.27. The Labute approximate surface area is 205 Å². The first-order valence-electron chi connectivity index (χ1n) is 11.0. The number of rotatable bonds is 10. The van der Waals surface area contributed by atoms with Crippen molar-refractivity contribution in [2.75, 3.05) is 5.75 Å². The molecule has 5 nitrogen and oxygen atoms in total. The zero-order chi connectivity index (χ0) is 24.2. The summed E-state index contributed by atoms with van der Waals surface area (Å²) in [4.78, 5) is 12.8. The van der Waals surface area contributed by atoms with Crippen molar-refractivity contribution in [1.29, 1.82) is 0 Å². The van der Waals surface area contributed by atoms with Gasteiger partial charge >= 0.3 is 5.97 Å². The molecular formula is C25H30ClNO4S2. The minimum Gasteiger partial charge on any atom is -0.481 e. The van der Waals surface area contributed by atoms with E-state index in [0.29, 0.717) is 28.3 Å². The number of nitrogens with zero attached hydrogens (tertiary/aromatic N) is 1. The van der Waals surface area contributed by atoms with E-state index in [1.165, 1.54) is 16.1 Å². The van der Waals surface area contributed by atoms with Crippen LogP contribution in [0.15, 0.2) is 66.1 Å². The second kappa shape index (κ2) is 11.1. The minimum atomic E-state index is -3.98. The number of unbranched alkanes of at least 4 members (excludes halogenated alkanes) is 1. The second-order valence-corrected chi connectivity index (χ2v) is 11.7. The molecule has 1 heterocycles. The van der Waals surface area contributed by atoms with Gasteiger partial charge in [-0.15, -0.1) is 6.58 Å². The van der Waals surface area contributed by atoms with E-state index in [9.17, 15) is 18.3 Å². The summed E-state index contributed by atoms with van der Waals surface area (Å²) in [7, 11) is -3.98. The Morgan fingerprint density at radius 3 is 2.45 bits per heavy atom. The molecule has 2 aromatic carbocycles. The first-order chi connectivity index (χ1) is 15.7. The monoisotopic (exact) mass is 507 g/mol.